The lowest BCUT2D eigenvalue weighted by Crippen LogP contribution is -2.12. The van der Waals surface area contributed by atoms with Crippen LogP contribution in [0.25, 0.3) is 0 Å². The van der Waals surface area contributed by atoms with E-state index in [0.717, 1.165) is 11.1 Å². The Bertz CT molecular complexity index is 1310. The molecular weight excluding hydrogens is 426 g/mol. The van der Waals surface area contributed by atoms with Crippen molar-refractivity contribution in [3.63, 3.8) is 0 Å². The van der Waals surface area contributed by atoms with Gasteiger partial charge in [-0.05, 0) is 67.4 Å². The molecule has 0 fully saturated rings. The van der Waals surface area contributed by atoms with Crippen molar-refractivity contribution >= 4 is 11.6 Å². The molecule has 0 aliphatic heterocycles. The molecule has 0 atom stereocenters. The minimum Gasteiger partial charge on any atom is -0.490 e. The highest BCUT2D eigenvalue weighted by Crippen LogP contribution is 2.29. The predicted octanol–water partition coefficient (Wildman–Crippen LogP) is 5.11. The topological polar surface area (TPSA) is 73.3 Å². The molecule has 6 nitrogen and oxygen atoms in total. The maximum absolute atomic E-state index is 12.9. The monoisotopic (exact) mass is 449 g/mol. The Hall–Kier alpha value is -4.63. The first-order valence-electron chi connectivity index (χ1n) is 10.8. The molecule has 2 aromatic carbocycles. The molecule has 4 rings (SSSR count). The molecule has 4 aromatic rings. The molecule has 0 bridgehead atoms. The highest BCUT2D eigenvalue weighted by Gasteiger charge is 2.12. The van der Waals surface area contributed by atoms with Gasteiger partial charge in [-0.15, -0.1) is 0 Å². The van der Waals surface area contributed by atoms with E-state index in [9.17, 15) is 4.79 Å². The first-order valence-corrected chi connectivity index (χ1v) is 10.8. The number of anilines is 1. The molecule has 0 radical (unpaired) electrons. The molecule has 6 heteroatoms. The largest absolute Gasteiger partial charge is 0.490 e. The molecule has 2 aromatic heterocycles. The summed E-state index contributed by atoms with van der Waals surface area (Å²) < 4.78 is 11.6. The lowest BCUT2D eigenvalue weighted by molar-refractivity contribution is 0.102. The second-order valence-electron chi connectivity index (χ2n) is 7.24. The van der Waals surface area contributed by atoms with E-state index in [1.807, 2.05) is 61.5 Å². The number of hydrogen-bond acceptors (Lipinski definition) is 5. The maximum Gasteiger partial charge on any atom is 0.255 e. The molecule has 0 unspecified atom stereocenters. The molecule has 0 saturated carbocycles. The zero-order valence-corrected chi connectivity index (χ0v) is 18.7. The number of carbonyl (C=O) groups excluding carboxylic acids is 1. The summed E-state index contributed by atoms with van der Waals surface area (Å²) in [5, 5.41) is 2.92. The highest BCUT2D eigenvalue weighted by atomic mass is 16.5. The third-order valence-corrected chi connectivity index (χ3v) is 4.74. The van der Waals surface area contributed by atoms with Crippen molar-refractivity contribution < 1.29 is 14.3 Å². The van der Waals surface area contributed by atoms with Crippen LogP contribution in [0.3, 0.4) is 0 Å². The molecule has 0 aliphatic rings. The quantitative estimate of drug-likeness (QED) is 0.397. The Labute approximate surface area is 198 Å². The summed E-state index contributed by atoms with van der Waals surface area (Å²) in [6, 6.07) is 21.9. The number of nitrogens with one attached hydrogen (secondary N) is 1. The lowest BCUT2D eigenvalue weighted by Gasteiger charge is -2.13. The van der Waals surface area contributed by atoms with Gasteiger partial charge in [-0.25, -0.2) is 4.98 Å². The summed E-state index contributed by atoms with van der Waals surface area (Å²) >= 11 is 0. The Morgan fingerprint density at radius 1 is 0.912 bits per heavy atom. The third kappa shape index (κ3) is 6.21. The van der Waals surface area contributed by atoms with Crippen LogP contribution in [0.1, 0.15) is 34.1 Å². The summed E-state index contributed by atoms with van der Waals surface area (Å²) in [5.74, 6) is 6.90. The molecular formula is C28H23N3O3. The van der Waals surface area contributed by atoms with E-state index >= 15 is 0 Å². The number of ether oxygens (including phenoxy) is 2. The van der Waals surface area contributed by atoms with Crippen molar-refractivity contribution in [1.29, 1.82) is 0 Å². The Morgan fingerprint density at radius 3 is 2.65 bits per heavy atom. The number of benzene rings is 2. The molecule has 1 amide bonds. The van der Waals surface area contributed by atoms with E-state index in [1.165, 1.54) is 0 Å². The van der Waals surface area contributed by atoms with E-state index in [2.05, 4.69) is 27.1 Å². The van der Waals surface area contributed by atoms with Gasteiger partial charge in [-0.3, -0.25) is 9.78 Å². The van der Waals surface area contributed by atoms with Crippen LogP contribution in [0.5, 0.6) is 11.5 Å². The number of amides is 1. The van der Waals surface area contributed by atoms with Crippen molar-refractivity contribution in [2.75, 3.05) is 11.9 Å². The average molecular weight is 450 g/mol. The molecule has 34 heavy (non-hydrogen) atoms. The fourth-order valence-corrected chi connectivity index (χ4v) is 3.13. The van der Waals surface area contributed by atoms with Crippen LogP contribution < -0.4 is 14.8 Å². The van der Waals surface area contributed by atoms with Gasteiger partial charge in [-0.1, -0.05) is 24.1 Å². The van der Waals surface area contributed by atoms with E-state index in [1.54, 1.807) is 36.8 Å². The van der Waals surface area contributed by atoms with Gasteiger partial charge in [0, 0.05) is 41.0 Å². The minimum atomic E-state index is -0.255. The summed E-state index contributed by atoms with van der Waals surface area (Å²) in [5.41, 5.74) is 3.51. The molecule has 0 saturated heterocycles. The van der Waals surface area contributed by atoms with Crippen molar-refractivity contribution in [2.45, 2.75) is 13.5 Å². The van der Waals surface area contributed by atoms with Crippen LogP contribution >= 0.6 is 0 Å². The molecule has 0 spiro atoms. The van der Waals surface area contributed by atoms with Gasteiger partial charge in [0.1, 0.15) is 12.3 Å². The van der Waals surface area contributed by atoms with Gasteiger partial charge in [0.05, 0.1) is 6.61 Å². The fraction of sp³-hybridized carbons (Fsp3) is 0.107. The van der Waals surface area contributed by atoms with Crippen LogP contribution in [-0.4, -0.2) is 22.5 Å². The van der Waals surface area contributed by atoms with Gasteiger partial charge >= 0.3 is 0 Å². The van der Waals surface area contributed by atoms with Gasteiger partial charge in [-0.2, -0.15) is 0 Å². The Kier molecular flexibility index (Phi) is 7.50. The summed E-state index contributed by atoms with van der Waals surface area (Å²) in [4.78, 5) is 21.2. The maximum atomic E-state index is 12.9. The SMILES string of the molecule is CCOc1cc(C(=O)Nc2cccc(C#Cc3ccccn3)c2)ccc1OCc1cccnc1. The van der Waals surface area contributed by atoms with Crippen LogP contribution in [-0.2, 0) is 6.61 Å². The van der Waals surface area contributed by atoms with Gasteiger partial charge in [0.25, 0.3) is 5.91 Å². The molecule has 2 heterocycles. The third-order valence-electron chi connectivity index (χ3n) is 4.74. The van der Waals surface area contributed by atoms with Gasteiger partial charge in [0.15, 0.2) is 11.5 Å². The minimum absolute atomic E-state index is 0.255. The second kappa shape index (κ2) is 11.3. The Balaban J connectivity index is 1.46. The molecule has 168 valence electrons. The number of pyridine rings is 2. The van der Waals surface area contributed by atoms with E-state index < -0.39 is 0 Å². The standard InChI is InChI=1S/C28H23N3O3/c1-2-33-27-18-23(12-14-26(27)34-20-22-8-6-15-29-19-22)28(32)31-25-10-5-7-21(17-25)11-13-24-9-3-4-16-30-24/h3-10,12,14-19H,2,20H2,1H3,(H,31,32). The normalized spacial score (nSPS) is 10.0. The zero-order chi connectivity index (χ0) is 23.6. The fourth-order valence-electron chi connectivity index (χ4n) is 3.13. The van der Waals surface area contributed by atoms with Crippen LogP contribution in [0.15, 0.2) is 91.4 Å². The average Bonchev–Trinajstić information content (AvgIpc) is 2.88. The van der Waals surface area contributed by atoms with Crippen LogP contribution in [0.2, 0.25) is 0 Å². The number of carbonyl (C=O) groups is 1. The lowest BCUT2D eigenvalue weighted by atomic mass is 10.1. The van der Waals surface area contributed by atoms with Crippen molar-refractivity contribution in [1.82, 2.24) is 9.97 Å². The molecule has 1 N–H and O–H groups in total. The van der Waals surface area contributed by atoms with Crippen molar-refractivity contribution in [2.24, 2.45) is 0 Å². The second-order valence-corrected chi connectivity index (χ2v) is 7.24. The zero-order valence-electron chi connectivity index (χ0n) is 18.7. The molecule has 0 aliphatic carbocycles. The van der Waals surface area contributed by atoms with Crippen molar-refractivity contribution in [3.8, 4) is 23.3 Å². The summed E-state index contributed by atoms with van der Waals surface area (Å²) in [6.07, 6.45) is 5.16. The van der Waals surface area contributed by atoms with E-state index in [4.69, 9.17) is 9.47 Å². The Morgan fingerprint density at radius 2 is 1.85 bits per heavy atom. The number of rotatable bonds is 7. The van der Waals surface area contributed by atoms with Crippen LogP contribution in [0, 0.1) is 11.8 Å². The van der Waals surface area contributed by atoms with E-state index in [-0.39, 0.29) is 5.91 Å². The summed E-state index contributed by atoms with van der Waals surface area (Å²) in [6.45, 7) is 2.69. The first kappa shape index (κ1) is 22.6. The number of nitrogens with zero attached hydrogens (tertiary/aromatic N) is 2. The predicted molar refractivity (Wildman–Crippen MR) is 131 cm³/mol. The van der Waals surface area contributed by atoms with E-state index in [0.29, 0.717) is 41.7 Å². The summed E-state index contributed by atoms with van der Waals surface area (Å²) in [7, 11) is 0. The number of aromatic nitrogens is 2. The smallest absolute Gasteiger partial charge is 0.255 e. The first-order chi connectivity index (χ1) is 16.7. The number of hydrogen-bond donors (Lipinski definition) is 1. The highest BCUT2D eigenvalue weighted by molar-refractivity contribution is 6.04. The van der Waals surface area contributed by atoms with Gasteiger partial charge < -0.3 is 14.8 Å². The van der Waals surface area contributed by atoms with Crippen molar-refractivity contribution in [3.05, 3.63) is 114 Å². The van der Waals surface area contributed by atoms with Gasteiger partial charge in [0.2, 0.25) is 0 Å². The van der Waals surface area contributed by atoms with Crippen LogP contribution in [0.4, 0.5) is 5.69 Å².